The summed E-state index contributed by atoms with van der Waals surface area (Å²) < 4.78 is 9.54. The fraction of sp³-hybridized carbons (Fsp3) is 0. The second-order valence-corrected chi connectivity index (χ2v) is 4.87. The lowest BCUT2D eigenvalue weighted by atomic mass is 10.8. The van der Waals surface area contributed by atoms with Crippen molar-refractivity contribution in [1.29, 1.82) is 0 Å². The van der Waals surface area contributed by atoms with Crippen molar-refractivity contribution in [3.05, 3.63) is 0 Å². The van der Waals surface area contributed by atoms with Crippen molar-refractivity contribution in [2.75, 3.05) is 0 Å². The largest absolute Gasteiger partial charge is 0.628 e. The SMILES string of the molecule is B[S+]([O-])I. The maximum atomic E-state index is 9.54. The van der Waals surface area contributed by atoms with Gasteiger partial charge >= 0.3 is 7.12 Å². The average Bonchev–Trinajstić information content (AvgIpc) is 0.811. The molecule has 1 atom stereocenters. The van der Waals surface area contributed by atoms with Gasteiger partial charge in [0.25, 0.3) is 0 Å². The van der Waals surface area contributed by atoms with E-state index in [2.05, 4.69) is 0 Å². The van der Waals surface area contributed by atoms with E-state index < -0.39 is 8.20 Å². The van der Waals surface area contributed by atoms with Gasteiger partial charge in [0, 0.05) is 0 Å². The van der Waals surface area contributed by atoms with Crippen LogP contribution in [-0.4, -0.2) is 11.7 Å². The summed E-state index contributed by atoms with van der Waals surface area (Å²) >= 11 is 1.82. The zero-order valence-corrected chi connectivity index (χ0v) is 5.17. The third kappa shape index (κ3) is 11.3. The maximum absolute atomic E-state index is 9.54. The van der Waals surface area contributed by atoms with Crippen LogP contribution in [0.15, 0.2) is 0 Å². The summed E-state index contributed by atoms with van der Waals surface area (Å²) in [6.07, 6.45) is 0. The maximum Gasteiger partial charge on any atom is 0.386 e. The van der Waals surface area contributed by atoms with Gasteiger partial charge in [0.2, 0.25) is 21.2 Å². The zero-order valence-electron chi connectivity index (χ0n) is 2.19. The molecule has 0 spiro atoms. The molecular weight excluding hydrogens is 186 g/mol. The lowest BCUT2D eigenvalue weighted by Crippen LogP contribution is -1.78. The molecule has 24 valence electrons. The second-order valence-electron chi connectivity index (χ2n) is 0.384. The molecule has 0 saturated carbocycles. The monoisotopic (exact) mass is 188 g/mol. The van der Waals surface area contributed by atoms with Crippen LogP contribution in [0.2, 0.25) is 0 Å². The van der Waals surface area contributed by atoms with Gasteiger partial charge in [-0.3, -0.25) is 0 Å². The highest BCUT2D eigenvalue weighted by Gasteiger charge is 1.75. The van der Waals surface area contributed by atoms with Crippen molar-refractivity contribution in [2.24, 2.45) is 0 Å². The zero-order chi connectivity index (χ0) is 3.58. The Kier molecular flexibility index (Phi) is 3.00. The fourth-order valence-corrected chi connectivity index (χ4v) is 0. The minimum atomic E-state index is -0.641. The van der Waals surface area contributed by atoms with Crippen molar-refractivity contribution in [3.8, 4) is 0 Å². The molecule has 4 heavy (non-hydrogen) atoms. The summed E-state index contributed by atoms with van der Waals surface area (Å²) in [6.45, 7) is 0. The molecular formula is H2BIOS. The Bertz CT molecular complexity index is 12.8. The molecule has 1 unspecified atom stereocenters. The van der Waals surface area contributed by atoms with Crippen molar-refractivity contribution >= 4 is 36.5 Å². The fourth-order valence-electron chi connectivity index (χ4n) is 0. The summed E-state index contributed by atoms with van der Waals surface area (Å²) in [6, 6.07) is 0. The number of hydrogen-bond donors (Lipinski definition) is 0. The van der Waals surface area contributed by atoms with Crippen LogP contribution in [0.1, 0.15) is 0 Å². The van der Waals surface area contributed by atoms with Crippen LogP contribution < -0.4 is 0 Å². The van der Waals surface area contributed by atoms with E-state index in [4.69, 9.17) is 0 Å². The molecule has 0 rings (SSSR count). The van der Waals surface area contributed by atoms with Crippen molar-refractivity contribution < 1.29 is 4.55 Å². The van der Waals surface area contributed by atoms with Gasteiger partial charge in [-0.05, 0) is 0 Å². The smallest absolute Gasteiger partial charge is 0.386 e. The second kappa shape index (κ2) is 2.35. The van der Waals surface area contributed by atoms with E-state index in [0.717, 1.165) is 0 Å². The molecule has 0 aliphatic carbocycles. The minimum absolute atomic E-state index is 0.641. The van der Waals surface area contributed by atoms with Crippen LogP contribution in [0.3, 0.4) is 0 Å². The molecule has 0 bridgehead atoms. The van der Waals surface area contributed by atoms with Crippen LogP contribution >= 0.6 is 21.2 Å². The van der Waals surface area contributed by atoms with Crippen molar-refractivity contribution in [1.82, 2.24) is 0 Å². The predicted molar refractivity (Wildman–Crippen MR) is 30.7 cm³/mol. The Morgan fingerprint density at radius 3 is 2.00 bits per heavy atom. The van der Waals surface area contributed by atoms with E-state index in [0.29, 0.717) is 0 Å². The quantitative estimate of drug-likeness (QED) is 0.289. The van der Waals surface area contributed by atoms with Gasteiger partial charge in [0.15, 0.2) is 0 Å². The Hall–Kier alpha value is 1.10. The van der Waals surface area contributed by atoms with Gasteiger partial charge < -0.3 is 4.55 Å². The van der Waals surface area contributed by atoms with E-state index in [9.17, 15) is 4.55 Å². The molecule has 0 saturated heterocycles. The first kappa shape index (κ1) is 5.10. The molecule has 4 heteroatoms. The Balaban J connectivity index is 2.32. The Labute approximate surface area is 41.2 Å². The van der Waals surface area contributed by atoms with Gasteiger partial charge in [0.05, 0.1) is 0 Å². The highest BCUT2D eigenvalue weighted by Crippen LogP contribution is 1.89. The molecule has 1 nitrogen and oxygen atoms in total. The van der Waals surface area contributed by atoms with Crippen LogP contribution in [0.4, 0.5) is 0 Å². The molecule has 0 N–H and O–H groups in total. The van der Waals surface area contributed by atoms with Crippen molar-refractivity contribution in [2.45, 2.75) is 0 Å². The topological polar surface area (TPSA) is 23.1 Å². The number of hydrogen-bond acceptors (Lipinski definition) is 1. The molecule has 0 aromatic heterocycles. The van der Waals surface area contributed by atoms with Gasteiger partial charge in [0.1, 0.15) is 0 Å². The average molecular weight is 188 g/mol. The first-order valence-corrected chi connectivity index (χ1v) is 4.83. The van der Waals surface area contributed by atoms with E-state index in [1.54, 1.807) is 7.12 Å². The molecule has 0 aliphatic heterocycles. The van der Waals surface area contributed by atoms with Gasteiger partial charge in [-0.1, -0.05) is 8.20 Å². The molecule has 0 aliphatic rings. The summed E-state index contributed by atoms with van der Waals surface area (Å²) in [7, 11) is 0.984. The molecule has 0 fully saturated rings. The van der Waals surface area contributed by atoms with E-state index in [-0.39, 0.29) is 0 Å². The number of rotatable bonds is 0. The van der Waals surface area contributed by atoms with Gasteiger partial charge in [-0.2, -0.15) is 0 Å². The normalized spacial score (nSPS) is 15.5. The predicted octanol–water partition coefficient (Wildman–Crippen LogP) is -0.367. The Morgan fingerprint density at radius 1 is 2.00 bits per heavy atom. The Morgan fingerprint density at radius 2 is 2.00 bits per heavy atom. The van der Waals surface area contributed by atoms with E-state index in [1.807, 2.05) is 21.2 Å². The summed E-state index contributed by atoms with van der Waals surface area (Å²) in [5.41, 5.74) is 0. The molecule has 0 heterocycles. The van der Waals surface area contributed by atoms with Crippen LogP contribution in [0.5, 0.6) is 0 Å². The molecule has 0 radical (unpaired) electrons. The lowest BCUT2D eigenvalue weighted by molar-refractivity contribution is 0.623. The van der Waals surface area contributed by atoms with Crippen LogP contribution in [-0.2, 0) is 8.20 Å². The van der Waals surface area contributed by atoms with Crippen LogP contribution in [0, 0.1) is 0 Å². The van der Waals surface area contributed by atoms with Gasteiger partial charge in [-0.25, -0.2) is 0 Å². The van der Waals surface area contributed by atoms with Gasteiger partial charge in [-0.15, -0.1) is 0 Å². The third-order valence-corrected chi connectivity index (χ3v) is 0. The molecule has 0 amide bonds. The van der Waals surface area contributed by atoms with Crippen LogP contribution in [0.25, 0.3) is 0 Å². The minimum Gasteiger partial charge on any atom is -0.628 e. The van der Waals surface area contributed by atoms with Crippen molar-refractivity contribution in [3.63, 3.8) is 0 Å². The first-order chi connectivity index (χ1) is 1.73. The third-order valence-electron chi connectivity index (χ3n) is 0. The number of halogens is 1. The van der Waals surface area contributed by atoms with E-state index >= 15 is 0 Å². The van der Waals surface area contributed by atoms with E-state index in [1.165, 1.54) is 0 Å². The highest BCUT2D eigenvalue weighted by molar-refractivity contribution is 14.2. The highest BCUT2D eigenvalue weighted by atomic mass is 127. The summed E-state index contributed by atoms with van der Waals surface area (Å²) in [5, 5.41) is 0. The lowest BCUT2D eigenvalue weighted by Gasteiger charge is -1.83. The standard InChI is InChI=1S/BH2IOS/c1-4(2)3/h1H2. The summed E-state index contributed by atoms with van der Waals surface area (Å²) in [5.74, 6) is 0. The molecule has 0 aromatic rings. The summed E-state index contributed by atoms with van der Waals surface area (Å²) in [4.78, 5) is 0. The first-order valence-electron chi connectivity index (χ1n) is 0.729. The molecule has 0 aromatic carbocycles.